The van der Waals surface area contributed by atoms with Crippen molar-refractivity contribution in [3.63, 3.8) is 0 Å². The predicted molar refractivity (Wildman–Crippen MR) is 62.1 cm³/mol. The summed E-state index contributed by atoms with van der Waals surface area (Å²) in [5.74, 6) is -1.86. The number of hydrogen-bond donors (Lipinski definition) is 3. The number of hydrogen-bond acceptors (Lipinski definition) is 6. The van der Waals surface area contributed by atoms with Crippen LogP contribution in [0.1, 0.15) is 13.3 Å². The highest BCUT2D eigenvalue weighted by molar-refractivity contribution is 5.79. The molecule has 18 heavy (non-hydrogen) atoms. The van der Waals surface area contributed by atoms with Crippen molar-refractivity contribution in [2.24, 2.45) is 11.5 Å². The normalized spacial score (nSPS) is 12.2. The van der Waals surface area contributed by atoms with Crippen LogP contribution in [0, 0.1) is 0 Å². The molecule has 0 rings (SSSR count). The second-order valence-electron chi connectivity index (χ2n) is 3.77. The largest absolute Gasteiger partial charge is 0.466 e. The zero-order chi connectivity index (χ0) is 14.1. The first kappa shape index (κ1) is 16.3. The molecule has 1 unspecified atom stereocenters. The highest BCUT2D eigenvalue weighted by Crippen LogP contribution is 1.99. The number of ether oxygens (including phenoxy) is 1. The minimum absolute atomic E-state index is 0.0648. The first-order chi connectivity index (χ1) is 8.35. The third-order valence-corrected chi connectivity index (χ3v) is 1.94. The lowest BCUT2D eigenvalue weighted by atomic mass is 10.2. The lowest BCUT2D eigenvalue weighted by molar-refractivity contribution is -0.145. The average Bonchev–Trinajstić information content (AvgIpc) is 2.14. The molecule has 8 nitrogen and oxygen atoms in total. The summed E-state index contributed by atoms with van der Waals surface area (Å²) in [5.41, 5.74) is 9.98. The molecule has 0 spiro atoms. The monoisotopic (exact) mass is 261 g/mol. The van der Waals surface area contributed by atoms with E-state index in [2.05, 4.69) is 4.74 Å². The Morgan fingerprint density at radius 1 is 1.22 bits per heavy atom. The minimum Gasteiger partial charge on any atom is -0.466 e. The van der Waals surface area contributed by atoms with E-state index >= 15 is 0 Å². The summed E-state index contributed by atoms with van der Waals surface area (Å²) < 4.78 is 4.66. The van der Waals surface area contributed by atoms with E-state index in [-0.39, 0.29) is 32.7 Å². The number of aliphatic hydroxyl groups is 1. The Morgan fingerprint density at radius 2 is 1.72 bits per heavy atom. The van der Waals surface area contributed by atoms with Crippen LogP contribution in [0.25, 0.3) is 0 Å². The quantitative estimate of drug-likeness (QED) is 0.395. The van der Waals surface area contributed by atoms with Gasteiger partial charge in [-0.05, 0) is 6.92 Å². The van der Waals surface area contributed by atoms with Gasteiger partial charge in [0, 0.05) is 6.54 Å². The van der Waals surface area contributed by atoms with Crippen molar-refractivity contribution in [3.8, 4) is 0 Å². The average molecular weight is 261 g/mol. The van der Waals surface area contributed by atoms with Gasteiger partial charge in [-0.15, -0.1) is 0 Å². The van der Waals surface area contributed by atoms with Crippen molar-refractivity contribution in [1.29, 1.82) is 0 Å². The fourth-order valence-corrected chi connectivity index (χ4v) is 1.40. The molecular weight excluding hydrogens is 242 g/mol. The molecule has 1 atom stereocenters. The molecule has 104 valence electrons. The number of rotatable bonds is 9. The molecule has 5 N–H and O–H groups in total. The van der Waals surface area contributed by atoms with E-state index in [0.717, 1.165) is 0 Å². The van der Waals surface area contributed by atoms with Gasteiger partial charge in [0.1, 0.15) is 0 Å². The molecule has 0 aromatic rings. The number of aliphatic hydroxyl groups excluding tert-OH is 1. The Hall–Kier alpha value is -1.67. The smallest absolute Gasteiger partial charge is 0.308 e. The van der Waals surface area contributed by atoms with Gasteiger partial charge in [0.2, 0.25) is 11.8 Å². The van der Waals surface area contributed by atoms with Crippen molar-refractivity contribution < 1.29 is 24.2 Å². The van der Waals surface area contributed by atoms with Crippen LogP contribution in [0.15, 0.2) is 0 Å². The Balaban J connectivity index is 4.24. The molecule has 0 aliphatic rings. The molecule has 8 heteroatoms. The van der Waals surface area contributed by atoms with Gasteiger partial charge in [0.05, 0.1) is 32.2 Å². The van der Waals surface area contributed by atoms with Crippen LogP contribution in [-0.2, 0) is 19.1 Å². The van der Waals surface area contributed by atoms with Crippen molar-refractivity contribution in [1.82, 2.24) is 4.90 Å². The second-order valence-corrected chi connectivity index (χ2v) is 3.77. The Labute approximate surface area is 105 Å². The third kappa shape index (κ3) is 8.48. The minimum atomic E-state index is -1.05. The van der Waals surface area contributed by atoms with E-state index in [9.17, 15) is 19.5 Å². The second kappa shape index (κ2) is 8.43. The molecule has 0 aliphatic carbocycles. The molecule has 0 saturated heterocycles. The highest BCUT2D eigenvalue weighted by atomic mass is 16.5. The maximum Gasteiger partial charge on any atom is 0.308 e. The summed E-state index contributed by atoms with van der Waals surface area (Å²) in [6.45, 7) is 1.37. The predicted octanol–water partition coefficient (Wildman–Crippen LogP) is -2.43. The highest BCUT2D eigenvalue weighted by Gasteiger charge is 2.18. The van der Waals surface area contributed by atoms with Crippen molar-refractivity contribution in [2.75, 3.05) is 26.2 Å². The number of primary amides is 2. The summed E-state index contributed by atoms with van der Waals surface area (Å²) >= 11 is 0. The fraction of sp³-hybridized carbons (Fsp3) is 0.700. The molecule has 0 aromatic carbocycles. The number of nitrogens with zero attached hydrogens (tertiary/aromatic N) is 1. The summed E-state index contributed by atoms with van der Waals surface area (Å²) in [4.78, 5) is 33.9. The van der Waals surface area contributed by atoms with E-state index in [4.69, 9.17) is 11.5 Å². The summed E-state index contributed by atoms with van der Waals surface area (Å²) in [6.07, 6.45) is -1.27. The number of amides is 2. The molecule has 0 radical (unpaired) electrons. The first-order valence-electron chi connectivity index (χ1n) is 5.47. The van der Waals surface area contributed by atoms with Crippen LogP contribution in [0.2, 0.25) is 0 Å². The van der Waals surface area contributed by atoms with Gasteiger partial charge in [0.15, 0.2) is 0 Å². The van der Waals surface area contributed by atoms with Crippen LogP contribution >= 0.6 is 0 Å². The number of carbonyl (C=O) groups is 3. The topological polar surface area (TPSA) is 136 Å². The molecule has 0 aromatic heterocycles. The van der Waals surface area contributed by atoms with Gasteiger partial charge >= 0.3 is 5.97 Å². The molecule has 0 heterocycles. The van der Waals surface area contributed by atoms with Gasteiger partial charge in [-0.3, -0.25) is 19.3 Å². The number of nitrogens with two attached hydrogens (primary N) is 2. The number of carbonyl (C=O) groups excluding carboxylic acids is 3. The van der Waals surface area contributed by atoms with Crippen molar-refractivity contribution in [2.45, 2.75) is 19.4 Å². The van der Waals surface area contributed by atoms with Crippen LogP contribution < -0.4 is 11.5 Å². The zero-order valence-corrected chi connectivity index (χ0v) is 10.3. The van der Waals surface area contributed by atoms with Gasteiger partial charge in [-0.2, -0.15) is 0 Å². The van der Waals surface area contributed by atoms with E-state index in [0.29, 0.717) is 0 Å². The summed E-state index contributed by atoms with van der Waals surface area (Å²) in [6, 6.07) is 0. The molecule has 0 aliphatic heterocycles. The summed E-state index contributed by atoms with van der Waals surface area (Å²) in [7, 11) is 0. The maximum atomic E-state index is 11.1. The van der Waals surface area contributed by atoms with Gasteiger partial charge in [0.25, 0.3) is 0 Å². The molecule has 0 fully saturated rings. The summed E-state index contributed by atoms with van der Waals surface area (Å²) in [5, 5.41) is 9.60. The van der Waals surface area contributed by atoms with E-state index in [1.807, 2.05) is 0 Å². The molecular formula is C10H19N3O5. The van der Waals surface area contributed by atoms with Crippen molar-refractivity contribution >= 4 is 17.8 Å². The Bertz CT molecular complexity index is 292. The maximum absolute atomic E-state index is 11.1. The van der Waals surface area contributed by atoms with E-state index in [1.54, 1.807) is 6.92 Å². The van der Waals surface area contributed by atoms with E-state index in [1.165, 1.54) is 4.90 Å². The van der Waals surface area contributed by atoms with Crippen LogP contribution in [0.5, 0.6) is 0 Å². The standard InChI is InChI=1S/C10H19N3O5/c1-2-18-10(17)3-7(14)4-13(5-8(11)15)6-9(12)16/h7,14H,2-6H2,1H3,(H2,11,15)(H2,12,16). The third-order valence-electron chi connectivity index (χ3n) is 1.94. The SMILES string of the molecule is CCOC(=O)CC(O)CN(CC(N)=O)CC(N)=O. The lowest BCUT2D eigenvalue weighted by Crippen LogP contribution is -2.43. The van der Waals surface area contributed by atoms with Gasteiger partial charge in [-0.25, -0.2) is 0 Å². The fourth-order valence-electron chi connectivity index (χ4n) is 1.40. The first-order valence-corrected chi connectivity index (χ1v) is 5.47. The molecule has 0 bridgehead atoms. The van der Waals surface area contributed by atoms with Crippen molar-refractivity contribution in [3.05, 3.63) is 0 Å². The van der Waals surface area contributed by atoms with Crippen LogP contribution in [0.3, 0.4) is 0 Å². The van der Waals surface area contributed by atoms with Crippen LogP contribution in [-0.4, -0.2) is 60.1 Å². The zero-order valence-electron chi connectivity index (χ0n) is 10.3. The Morgan fingerprint density at radius 3 is 2.11 bits per heavy atom. The van der Waals surface area contributed by atoms with Gasteiger partial charge < -0.3 is 21.3 Å². The number of esters is 1. The van der Waals surface area contributed by atoms with E-state index < -0.39 is 23.9 Å². The molecule has 2 amide bonds. The van der Waals surface area contributed by atoms with Crippen LogP contribution in [0.4, 0.5) is 0 Å². The molecule has 0 saturated carbocycles. The Kier molecular flexibility index (Phi) is 7.64. The van der Waals surface area contributed by atoms with Gasteiger partial charge in [-0.1, -0.05) is 0 Å². The lowest BCUT2D eigenvalue weighted by Gasteiger charge is -2.21.